The largest absolute Gasteiger partial charge is 0.302 e. The van der Waals surface area contributed by atoms with Crippen LogP contribution in [0, 0.1) is 13.8 Å². The summed E-state index contributed by atoms with van der Waals surface area (Å²) in [5, 5.41) is 12.4. The summed E-state index contributed by atoms with van der Waals surface area (Å²) < 4.78 is 6.89. The molecule has 3 rings (SSSR count). The molecule has 3 aromatic rings. The molecule has 0 saturated heterocycles. The molecule has 6 heteroatoms. The summed E-state index contributed by atoms with van der Waals surface area (Å²) in [5.74, 6) is 0. The fourth-order valence-corrected chi connectivity index (χ4v) is 2.75. The molecule has 6 nitrogen and oxygen atoms in total. The minimum atomic E-state index is 0.813. The van der Waals surface area contributed by atoms with E-state index in [2.05, 4.69) is 51.1 Å². The van der Waals surface area contributed by atoms with Gasteiger partial charge in [-0.3, -0.25) is 4.68 Å². The smallest absolute Gasteiger partial charge is 0.139 e. The number of benzene rings is 1. The van der Waals surface area contributed by atoms with Crippen LogP contribution in [0.2, 0.25) is 0 Å². The average Bonchev–Trinajstić information content (AvgIpc) is 3.06. The third-order valence-corrected chi connectivity index (χ3v) is 3.82. The predicted octanol–water partition coefficient (Wildman–Crippen LogP) is 2.56. The van der Waals surface area contributed by atoms with E-state index in [0.717, 1.165) is 48.3 Å². The van der Waals surface area contributed by atoms with Gasteiger partial charge in [0.2, 0.25) is 0 Å². The molecule has 0 spiro atoms. The molecule has 0 amide bonds. The van der Waals surface area contributed by atoms with Crippen LogP contribution in [0.25, 0.3) is 11.0 Å². The van der Waals surface area contributed by atoms with E-state index in [1.54, 1.807) is 0 Å². The second-order valence-electron chi connectivity index (χ2n) is 5.79. The Hall–Kier alpha value is -2.21. The molecule has 0 radical (unpaired) electrons. The molecule has 0 unspecified atom stereocenters. The highest BCUT2D eigenvalue weighted by molar-refractivity contribution is 5.76. The summed E-state index contributed by atoms with van der Waals surface area (Å²) in [7, 11) is 2.12. The van der Waals surface area contributed by atoms with Crippen molar-refractivity contribution in [1.29, 1.82) is 0 Å². The SMILES string of the molecule is Cc1cc(C)n(CCCN(C)Cc2cccc3nonc23)n1. The summed E-state index contributed by atoms with van der Waals surface area (Å²) in [6, 6.07) is 8.09. The van der Waals surface area contributed by atoms with E-state index in [1.165, 1.54) is 5.69 Å². The van der Waals surface area contributed by atoms with Gasteiger partial charge in [0.05, 0.1) is 5.69 Å². The molecule has 0 aliphatic carbocycles. The van der Waals surface area contributed by atoms with E-state index in [1.807, 2.05) is 19.1 Å². The summed E-state index contributed by atoms with van der Waals surface area (Å²) in [6.07, 6.45) is 1.06. The van der Waals surface area contributed by atoms with Gasteiger partial charge in [-0.2, -0.15) is 5.10 Å². The van der Waals surface area contributed by atoms with Crippen molar-refractivity contribution in [2.24, 2.45) is 0 Å². The first-order chi connectivity index (χ1) is 10.6. The zero-order chi connectivity index (χ0) is 15.5. The lowest BCUT2D eigenvalue weighted by Crippen LogP contribution is -2.21. The van der Waals surface area contributed by atoms with E-state index >= 15 is 0 Å². The first-order valence-corrected chi connectivity index (χ1v) is 7.53. The van der Waals surface area contributed by atoms with Gasteiger partial charge >= 0.3 is 0 Å². The number of rotatable bonds is 6. The molecule has 0 fully saturated rings. The van der Waals surface area contributed by atoms with Crippen LogP contribution in [0.15, 0.2) is 28.9 Å². The summed E-state index contributed by atoms with van der Waals surface area (Å²) in [6.45, 7) is 6.91. The Morgan fingerprint density at radius 1 is 1.23 bits per heavy atom. The van der Waals surface area contributed by atoms with Crippen molar-refractivity contribution in [3.63, 3.8) is 0 Å². The average molecular weight is 299 g/mol. The highest BCUT2D eigenvalue weighted by Gasteiger charge is 2.09. The Balaban J connectivity index is 1.55. The molecule has 22 heavy (non-hydrogen) atoms. The summed E-state index contributed by atoms with van der Waals surface area (Å²) in [4.78, 5) is 2.29. The van der Waals surface area contributed by atoms with Crippen LogP contribution in [-0.2, 0) is 13.1 Å². The molecule has 0 N–H and O–H groups in total. The van der Waals surface area contributed by atoms with Crippen LogP contribution in [0.4, 0.5) is 0 Å². The molecular formula is C16H21N5O. The van der Waals surface area contributed by atoms with Crippen LogP contribution in [0.5, 0.6) is 0 Å². The number of fused-ring (bicyclic) bond motifs is 1. The number of aryl methyl sites for hydroxylation is 3. The van der Waals surface area contributed by atoms with Gasteiger partial charge in [0.15, 0.2) is 0 Å². The van der Waals surface area contributed by atoms with E-state index < -0.39 is 0 Å². The molecule has 0 atom stereocenters. The standard InChI is InChI=1S/C16H21N5O/c1-12-10-13(2)21(17-12)9-5-8-20(3)11-14-6-4-7-15-16(14)19-22-18-15/h4,6-7,10H,5,8-9,11H2,1-3H3. The molecular weight excluding hydrogens is 278 g/mol. The van der Waals surface area contributed by atoms with Crippen molar-refractivity contribution in [3.8, 4) is 0 Å². The maximum absolute atomic E-state index is 4.81. The summed E-state index contributed by atoms with van der Waals surface area (Å²) in [5.41, 5.74) is 5.11. The third kappa shape index (κ3) is 3.17. The van der Waals surface area contributed by atoms with Crippen LogP contribution in [-0.4, -0.2) is 38.6 Å². The fourth-order valence-electron chi connectivity index (χ4n) is 2.75. The second-order valence-corrected chi connectivity index (χ2v) is 5.79. The maximum Gasteiger partial charge on any atom is 0.139 e. The molecule has 0 aliphatic heterocycles. The molecule has 2 aromatic heterocycles. The van der Waals surface area contributed by atoms with E-state index in [4.69, 9.17) is 4.63 Å². The van der Waals surface area contributed by atoms with E-state index in [0.29, 0.717) is 0 Å². The number of hydrogen-bond donors (Lipinski definition) is 0. The van der Waals surface area contributed by atoms with Crippen molar-refractivity contribution in [2.75, 3.05) is 13.6 Å². The van der Waals surface area contributed by atoms with Crippen LogP contribution in [0.1, 0.15) is 23.4 Å². The van der Waals surface area contributed by atoms with Crippen molar-refractivity contribution in [3.05, 3.63) is 41.2 Å². The predicted molar refractivity (Wildman–Crippen MR) is 84.5 cm³/mol. The second kappa shape index (κ2) is 6.27. The van der Waals surface area contributed by atoms with Crippen molar-refractivity contribution >= 4 is 11.0 Å². The molecule has 1 aromatic carbocycles. The van der Waals surface area contributed by atoms with Gasteiger partial charge < -0.3 is 4.90 Å². The quantitative estimate of drug-likeness (QED) is 0.700. The lowest BCUT2D eigenvalue weighted by Gasteiger charge is -2.16. The lowest BCUT2D eigenvalue weighted by molar-refractivity contribution is 0.306. The zero-order valence-corrected chi connectivity index (χ0v) is 13.3. The minimum Gasteiger partial charge on any atom is -0.302 e. The van der Waals surface area contributed by atoms with Gasteiger partial charge in [-0.05, 0) is 61.9 Å². The normalized spacial score (nSPS) is 11.6. The molecule has 116 valence electrons. The Morgan fingerprint density at radius 2 is 2.09 bits per heavy atom. The van der Waals surface area contributed by atoms with Gasteiger partial charge in [0.1, 0.15) is 11.0 Å². The molecule has 0 aliphatic rings. The van der Waals surface area contributed by atoms with Gasteiger partial charge in [-0.15, -0.1) is 0 Å². The first-order valence-electron chi connectivity index (χ1n) is 7.53. The number of nitrogens with zero attached hydrogens (tertiary/aromatic N) is 5. The van der Waals surface area contributed by atoms with Crippen molar-refractivity contribution < 1.29 is 4.63 Å². The lowest BCUT2D eigenvalue weighted by atomic mass is 10.1. The van der Waals surface area contributed by atoms with Crippen molar-refractivity contribution in [1.82, 2.24) is 25.0 Å². The van der Waals surface area contributed by atoms with E-state index in [-0.39, 0.29) is 0 Å². The van der Waals surface area contributed by atoms with Gasteiger partial charge in [-0.25, -0.2) is 4.63 Å². The first kappa shape index (κ1) is 14.7. The fraction of sp³-hybridized carbons (Fsp3) is 0.438. The maximum atomic E-state index is 4.81. The highest BCUT2D eigenvalue weighted by atomic mass is 16.6. The Bertz CT molecular complexity index is 761. The monoisotopic (exact) mass is 299 g/mol. The topological polar surface area (TPSA) is 60.0 Å². The van der Waals surface area contributed by atoms with Crippen LogP contribution in [0.3, 0.4) is 0 Å². The molecule has 0 bridgehead atoms. The Labute approximate surface area is 129 Å². The molecule has 0 saturated carbocycles. The zero-order valence-electron chi connectivity index (χ0n) is 13.3. The number of hydrogen-bond acceptors (Lipinski definition) is 5. The number of aromatic nitrogens is 4. The van der Waals surface area contributed by atoms with Crippen LogP contribution < -0.4 is 0 Å². The Kier molecular flexibility index (Phi) is 4.20. The van der Waals surface area contributed by atoms with Gasteiger partial charge in [0, 0.05) is 18.8 Å². The van der Waals surface area contributed by atoms with Crippen molar-refractivity contribution in [2.45, 2.75) is 33.4 Å². The van der Waals surface area contributed by atoms with Gasteiger partial charge in [0.25, 0.3) is 0 Å². The summed E-state index contributed by atoms with van der Waals surface area (Å²) >= 11 is 0. The third-order valence-electron chi connectivity index (χ3n) is 3.82. The minimum absolute atomic E-state index is 0.813. The Morgan fingerprint density at radius 3 is 2.86 bits per heavy atom. The van der Waals surface area contributed by atoms with E-state index in [9.17, 15) is 0 Å². The van der Waals surface area contributed by atoms with Crippen LogP contribution >= 0.6 is 0 Å². The highest BCUT2D eigenvalue weighted by Crippen LogP contribution is 2.16. The van der Waals surface area contributed by atoms with Gasteiger partial charge in [-0.1, -0.05) is 12.1 Å². The molecule has 2 heterocycles.